The molecule has 2 aromatic carbocycles. The molecule has 148 valence electrons. The molecule has 2 aliphatic rings. The highest BCUT2D eigenvalue weighted by molar-refractivity contribution is 7.89. The molecular formula is C23H27NO3S. The highest BCUT2D eigenvalue weighted by atomic mass is 32.2. The molecule has 2 aliphatic carbocycles. The number of ketones is 1. The molecule has 2 saturated carbocycles. The molecule has 2 fully saturated rings. The molecule has 0 heterocycles. The molecule has 2 atom stereocenters. The number of carbonyl (C=O) groups excluding carboxylic acids is 1. The summed E-state index contributed by atoms with van der Waals surface area (Å²) in [5.74, 6) is 1.58. The summed E-state index contributed by atoms with van der Waals surface area (Å²) in [4.78, 5) is 12.5. The average Bonchev–Trinajstić information content (AvgIpc) is 3.54. The Morgan fingerprint density at radius 2 is 1.64 bits per heavy atom. The number of Topliss-reactive ketones (excluding diaryl/α,β-unsaturated/α-hetero) is 1. The maximum absolute atomic E-state index is 12.5. The number of sulfone groups is 1. The molecule has 5 heteroatoms. The van der Waals surface area contributed by atoms with E-state index in [0.29, 0.717) is 29.5 Å². The van der Waals surface area contributed by atoms with Crippen molar-refractivity contribution in [1.29, 1.82) is 0 Å². The van der Waals surface area contributed by atoms with E-state index in [4.69, 9.17) is 0 Å². The first-order valence-corrected chi connectivity index (χ1v) is 12.1. The molecule has 0 bridgehead atoms. The summed E-state index contributed by atoms with van der Waals surface area (Å²) in [7, 11) is -3.06. The number of hydrogen-bond acceptors (Lipinski definition) is 4. The van der Waals surface area contributed by atoms with Crippen LogP contribution in [0.3, 0.4) is 0 Å². The molecule has 4 nitrogen and oxygen atoms in total. The van der Waals surface area contributed by atoms with Crippen LogP contribution in [-0.2, 0) is 22.0 Å². The zero-order valence-electron chi connectivity index (χ0n) is 16.2. The highest BCUT2D eigenvalue weighted by Crippen LogP contribution is 2.41. The third kappa shape index (κ3) is 5.30. The Morgan fingerprint density at radius 3 is 2.25 bits per heavy atom. The molecule has 0 spiro atoms. The molecule has 0 aromatic heterocycles. The van der Waals surface area contributed by atoms with E-state index in [9.17, 15) is 13.2 Å². The van der Waals surface area contributed by atoms with Gasteiger partial charge in [-0.05, 0) is 48.4 Å². The van der Waals surface area contributed by atoms with E-state index in [0.717, 1.165) is 18.0 Å². The largest absolute Gasteiger partial charge is 0.313 e. The van der Waals surface area contributed by atoms with Crippen LogP contribution in [0.5, 0.6) is 0 Å². The number of hydrogen-bond donors (Lipinski definition) is 1. The third-order valence-corrected chi connectivity index (χ3v) is 6.49. The molecule has 4 rings (SSSR count). The Balaban J connectivity index is 1.30. The van der Waals surface area contributed by atoms with Crippen molar-refractivity contribution in [3.63, 3.8) is 0 Å². The monoisotopic (exact) mass is 397 g/mol. The van der Waals surface area contributed by atoms with Gasteiger partial charge in [-0.2, -0.15) is 0 Å². The zero-order chi connectivity index (χ0) is 19.7. The lowest BCUT2D eigenvalue weighted by molar-refractivity contribution is 0.0993. The Labute approximate surface area is 167 Å². The fourth-order valence-electron chi connectivity index (χ4n) is 3.69. The smallest absolute Gasteiger partial charge is 0.167 e. The van der Waals surface area contributed by atoms with Gasteiger partial charge in [0.1, 0.15) is 0 Å². The van der Waals surface area contributed by atoms with Gasteiger partial charge >= 0.3 is 0 Å². The van der Waals surface area contributed by atoms with E-state index in [1.165, 1.54) is 31.1 Å². The number of benzene rings is 2. The van der Waals surface area contributed by atoms with Gasteiger partial charge in [0.2, 0.25) is 0 Å². The van der Waals surface area contributed by atoms with Gasteiger partial charge in [0.05, 0.1) is 5.75 Å². The van der Waals surface area contributed by atoms with Crippen LogP contribution in [-0.4, -0.2) is 33.0 Å². The van der Waals surface area contributed by atoms with Crippen molar-refractivity contribution in [2.45, 2.75) is 43.4 Å². The van der Waals surface area contributed by atoms with Crippen molar-refractivity contribution < 1.29 is 13.2 Å². The first-order valence-electron chi connectivity index (χ1n) is 9.99. The highest BCUT2D eigenvalue weighted by Gasteiger charge is 2.38. The van der Waals surface area contributed by atoms with Crippen LogP contribution in [0.15, 0.2) is 48.5 Å². The van der Waals surface area contributed by atoms with Crippen LogP contribution in [0.1, 0.15) is 52.2 Å². The molecule has 0 radical (unpaired) electrons. The molecule has 0 aliphatic heterocycles. The van der Waals surface area contributed by atoms with Crippen LogP contribution >= 0.6 is 0 Å². The average molecular weight is 398 g/mol. The normalized spacial score (nSPS) is 21.5. The van der Waals surface area contributed by atoms with Crippen LogP contribution in [0.2, 0.25) is 0 Å². The Bertz CT molecular complexity index is 944. The Morgan fingerprint density at radius 1 is 1.00 bits per heavy atom. The van der Waals surface area contributed by atoms with Gasteiger partial charge in [0.15, 0.2) is 15.6 Å². The number of rotatable bonds is 9. The van der Waals surface area contributed by atoms with Crippen molar-refractivity contribution in [2.75, 3.05) is 12.8 Å². The van der Waals surface area contributed by atoms with Gasteiger partial charge in [-0.1, -0.05) is 48.5 Å². The van der Waals surface area contributed by atoms with Crippen LogP contribution in [0, 0.1) is 5.92 Å². The summed E-state index contributed by atoms with van der Waals surface area (Å²) in [6, 6.07) is 15.9. The predicted molar refractivity (Wildman–Crippen MR) is 111 cm³/mol. The van der Waals surface area contributed by atoms with Crippen molar-refractivity contribution >= 4 is 15.6 Å². The third-order valence-electron chi connectivity index (χ3n) is 5.63. The SMILES string of the molecule is CS(=O)(=O)Cc1ccc(C(=O)Cc2ccc(C3CC3NCC3CC3)cc2)cc1. The summed E-state index contributed by atoms with van der Waals surface area (Å²) in [5.41, 5.74) is 3.69. The zero-order valence-corrected chi connectivity index (χ0v) is 17.0. The summed E-state index contributed by atoms with van der Waals surface area (Å²) >= 11 is 0. The number of carbonyl (C=O) groups is 1. The van der Waals surface area contributed by atoms with Crippen LogP contribution < -0.4 is 5.32 Å². The lowest BCUT2D eigenvalue weighted by atomic mass is 10.00. The van der Waals surface area contributed by atoms with E-state index < -0.39 is 9.84 Å². The van der Waals surface area contributed by atoms with E-state index in [1.54, 1.807) is 24.3 Å². The van der Waals surface area contributed by atoms with Gasteiger partial charge in [-0.15, -0.1) is 0 Å². The van der Waals surface area contributed by atoms with E-state index in [1.807, 2.05) is 0 Å². The fourth-order valence-corrected chi connectivity index (χ4v) is 4.49. The lowest BCUT2D eigenvalue weighted by Crippen LogP contribution is -2.20. The number of nitrogens with one attached hydrogen (secondary N) is 1. The minimum atomic E-state index is -3.06. The minimum absolute atomic E-state index is 0.000602. The fraction of sp³-hybridized carbons (Fsp3) is 0.435. The van der Waals surface area contributed by atoms with Gasteiger partial charge in [-0.25, -0.2) is 8.42 Å². The van der Waals surface area contributed by atoms with Gasteiger partial charge in [0, 0.05) is 30.2 Å². The summed E-state index contributed by atoms with van der Waals surface area (Å²) in [6.45, 7) is 1.16. The van der Waals surface area contributed by atoms with Crippen molar-refractivity contribution in [3.8, 4) is 0 Å². The van der Waals surface area contributed by atoms with Crippen LogP contribution in [0.4, 0.5) is 0 Å². The Kier molecular flexibility index (Phi) is 5.39. The molecule has 28 heavy (non-hydrogen) atoms. The lowest BCUT2D eigenvalue weighted by Gasteiger charge is -2.06. The second-order valence-corrected chi connectivity index (χ2v) is 10.5. The van der Waals surface area contributed by atoms with Gasteiger partial charge in [0.25, 0.3) is 0 Å². The summed E-state index contributed by atoms with van der Waals surface area (Å²) in [5, 5.41) is 3.66. The predicted octanol–water partition coefficient (Wildman–Crippen LogP) is 3.51. The summed E-state index contributed by atoms with van der Waals surface area (Å²) in [6.07, 6.45) is 5.55. The minimum Gasteiger partial charge on any atom is -0.313 e. The molecule has 2 unspecified atom stereocenters. The van der Waals surface area contributed by atoms with Gasteiger partial charge < -0.3 is 5.32 Å². The maximum atomic E-state index is 12.5. The molecule has 1 N–H and O–H groups in total. The second-order valence-electron chi connectivity index (χ2n) is 8.41. The van der Waals surface area contributed by atoms with Crippen LogP contribution in [0.25, 0.3) is 0 Å². The van der Waals surface area contributed by atoms with Crippen molar-refractivity contribution in [1.82, 2.24) is 5.32 Å². The Hall–Kier alpha value is -1.98. The van der Waals surface area contributed by atoms with Gasteiger partial charge in [-0.3, -0.25) is 4.79 Å². The molecule has 2 aromatic rings. The van der Waals surface area contributed by atoms with Crippen molar-refractivity contribution in [3.05, 3.63) is 70.8 Å². The first-order chi connectivity index (χ1) is 13.4. The van der Waals surface area contributed by atoms with E-state index >= 15 is 0 Å². The van der Waals surface area contributed by atoms with E-state index in [2.05, 4.69) is 29.6 Å². The topological polar surface area (TPSA) is 63.2 Å². The van der Waals surface area contributed by atoms with Crippen molar-refractivity contribution in [2.24, 2.45) is 5.92 Å². The molecule has 0 saturated heterocycles. The molecule has 0 amide bonds. The first kappa shape index (κ1) is 19.3. The summed E-state index contributed by atoms with van der Waals surface area (Å²) < 4.78 is 22.7. The van der Waals surface area contributed by atoms with E-state index in [-0.39, 0.29) is 11.5 Å². The second kappa shape index (κ2) is 7.80. The standard InChI is InChI=1S/C23H27NO3S/c1-28(26,27)15-18-6-10-20(11-7-18)23(25)12-16-4-8-19(9-5-16)21-13-22(21)24-14-17-2-3-17/h4-11,17,21-22,24H,2-3,12-15H2,1H3. The molecular weight excluding hydrogens is 370 g/mol. The maximum Gasteiger partial charge on any atom is 0.167 e. The quantitative estimate of drug-likeness (QED) is 0.658.